The van der Waals surface area contributed by atoms with E-state index < -0.39 is 6.10 Å². The van der Waals surface area contributed by atoms with Crippen LogP contribution in [0, 0.1) is 6.92 Å². The van der Waals surface area contributed by atoms with Gasteiger partial charge in [-0.2, -0.15) is 0 Å². The Kier molecular flexibility index (Phi) is 2.65. The molecule has 1 aromatic heterocycles. The normalized spacial score (nSPS) is 12.8. The van der Waals surface area contributed by atoms with Crippen molar-refractivity contribution < 1.29 is 9.52 Å². The first-order valence-corrected chi connectivity index (χ1v) is 5.97. The third kappa shape index (κ3) is 1.71. The zero-order valence-corrected chi connectivity index (χ0v) is 10.1. The van der Waals surface area contributed by atoms with Gasteiger partial charge in [-0.25, -0.2) is 0 Å². The van der Waals surface area contributed by atoms with Crippen molar-refractivity contribution >= 4 is 10.8 Å². The van der Waals surface area contributed by atoms with Gasteiger partial charge in [0.05, 0.1) is 6.26 Å². The molecule has 0 saturated carbocycles. The van der Waals surface area contributed by atoms with Crippen molar-refractivity contribution in [2.45, 2.75) is 13.0 Å². The van der Waals surface area contributed by atoms with Crippen LogP contribution in [-0.2, 0) is 0 Å². The number of benzene rings is 2. The van der Waals surface area contributed by atoms with Gasteiger partial charge in [0.25, 0.3) is 0 Å². The van der Waals surface area contributed by atoms with E-state index in [9.17, 15) is 5.11 Å². The Labute approximate surface area is 105 Å². The summed E-state index contributed by atoms with van der Waals surface area (Å²) in [6, 6.07) is 15.8. The fourth-order valence-electron chi connectivity index (χ4n) is 2.29. The molecule has 1 unspecified atom stereocenters. The molecule has 0 bridgehead atoms. The Morgan fingerprint density at radius 3 is 2.56 bits per heavy atom. The lowest BCUT2D eigenvalue weighted by Crippen LogP contribution is -2.00. The minimum Gasteiger partial charge on any atom is -0.466 e. The van der Waals surface area contributed by atoms with E-state index in [4.69, 9.17) is 4.42 Å². The first-order chi connectivity index (χ1) is 8.77. The number of aliphatic hydroxyl groups is 1. The van der Waals surface area contributed by atoms with E-state index in [1.54, 1.807) is 6.26 Å². The molecular formula is C16H14O2. The molecule has 90 valence electrons. The van der Waals surface area contributed by atoms with Crippen LogP contribution in [0.4, 0.5) is 0 Å². The maximum absolute atomic E-state index is 10.5. The van der Waals surface area contributed by atoms with Crippen LogP contribution < -0.4 is 0 Å². The van der Waals surface area contributed by atoms with Crippen molar-refractivity contribution in [1.82, 2.24) is 0 Å². The van der Waals surface area contributed by atoms with Gasteiger partial charge in [-0.3, -0.25) is 0 Å². The van der Waals surface area contributed by atoms with E-state index in [-0.39, 0.29) is 0 Å². The molecule has 0 amide bonds. The first-order valence-electron chi connectivity index (χ1n) is 5.97. The second-order valence-corrected chi connectivity index (χ2v) is 4.44. The van der Waals surface area contributed by atoms with E-state index in [2.05, 4.69) is 0 Å². The summed E-state index contributed by atoms with van der Waals surface area (Å²) in [6.45, 7) is 1.94. The lowest BCUT2D eigenvalue weighted by molar-refractivity contribution is 0.190. The lowest BCUT2D eigenvalue weighted by atomic mass is 9.98. The van der Waals surface area contributed by atoms with Gasteiger partial charge in [0.15, 0.2) is 0 Å². The topological polar surface area (TPSA) is 33.4 Å². The summed E-state index contributed by atoms with van der Waals surface area (Å²) in [6.07, 6.45) is 0.894. The summed E-state index contributed by atoms with van der Waals surface area (Å²) in [5.74, 6) is 0.617. The summed E-state index contributed by atoms with van der Waals surface area (Å²) in [4.78, 5) is 0. The molecular weight excluding hydrogens is 224 g/mol. The van der Waals surface area contributed by atoms with Crippen LogP contribution >= 0.6 is 0 Å². The smallest absolute Gasteiger partial charge is 0.139 e. The van der Waals surface area contributed by atoms with Gasteiger partial charge in [0.2, 0.25) is 0 Å². The van der Waals surface area contributed by atoms with Crippen LogP contribution in [0.1, 0.15) is 23.0 Å². The van der Waals surface area contributed by atoms with E-state index in [1.807, 2.05) is 55.5 Å². The minimum atomic E-state index is -0.717. The van der Waals surface area contributed by atoms with E-state index in [1.165, 1.54) is 0 Å². The number of hydrogen-bond donors (Lipinski definition) is 1. The molecule has 0 saturated heterocycles. The van der Waals surface area contributed by atoms with Gasteiger partial charge in [-0.1, -0.05) is 42.5 Å². The predicted molar refractivity (Wildman–Crippen MR) is 71.5 cm³/mol. The maximum Gasteiger partial charge on any atom is 0.139 e. The average Bonchev–Trinajstić information content (AvgIpc) is 2.83. The highest BCUT2D eigenvalue weighted by molar-refractivity contribution is 5.86. The van der Waals surface area contributed by atoms with Gasteiger partial charge in [0, 0.05) is 0 Å². The van der Waals surface area contributed by atoms with Crippen LogP contribution in [0.3, 0.4) is 0 Å². The molecule has 0 aliphatic carbocycles. The number of furan rings is 1. The highest BCUT2D eigenvalue weighted by Gasteiger charge is 2.18. The maximum atomic E-state index is 10.5. The summed E-state index contributed by atoms with van der Waals surface area (Å²) in [5.41, 5.74) is 1.85. The fourth-order valence-corrected chi connectivity index (χ4v) is 2.29. The third-order valence-electron chi connectivity index (χ3n) is 3.27. The average molecular weight is 238 g/mol. The zero-order chi connectivity index (χ0) is 12.5. The van der Waals surface area contributed by atoms with Crippen LogP contribution in [-0.4, -0.2) is 5.11 Å². The monoisotopic (exact) mass is 238 g/mol. The molecule has 2 nitrogen and oxygen atoms in total. The van der Waals surface area contributed by atoms with Crippen LogP contribution in [0.2, 0.25) is 0 Å². The van der Waals surface area contributed by atoms with Crippen LogP contribution in [0.25, 0.3) is 10.8 Å². The Balaban J connectivity index is 2.18. The van der Waals surface area contributed by atoms with Crippen LogP contribution in [0.15, 0.2) is 59.2 Å². The van der Waals surface area contributed by atoms with Crippen molar-refractivity contribution in [3.8, 4) is 0 Å². The number of rotatable bonds is 2. The Morgan fingerprint density at radius 2 is 1.78 bits per heavy atom. The van der Waals surface area contributed by atoms with Gasteiger partial charge in [-0.05, 0) is 34.9 Å². The fraction of sp³-hybridized carbons (Fsp3) is 0.125. The Hall–Kier alpha value is -2.06. The molecule has 18 heavy (non-hydrogen) atoms. The van der Waals surface area contributed by atoms with Gasteiger partial charge >= 0.3 is 0 Å². The minimum absolute atomic E-state index is 0.617. The summed E-state index contributed by atoms with van der Waals surface area (Å²) in [7, 11) is 0. The van der Waals surface area contributed by atoms with Gasteiger partial charge in [0.1, 0.15) is 11.9 Å². The van der Waals surface area contributed by atoms with Gasteiger partial charge < -0.3 is 9.52 Å². The number of aliphatic hydroxyl groups excluding tert-OH is 1. The molecule has 0 fully saturated rings. The molecule has 0 aliphatic heterocycles. The van der Waals surface area contributed by atoms with Gasteiger partial charge in [-0.15, -0.1) is 0 Å². The molecule has 1 N–H and O–H groups in total. The second-order valence-electron chi connectivity index (χ2n) is 4.44. The molecule has 1 atom stereocenters. The molecule has 1 heterocycles. The number of aryl methyl sites for hydroxylation is 1. The standard InChI is InChI=1S/C16H14O2/c1-11-9-10-18-16(11)15(17)14-8-4-6-12-5-2-3-7-13(12)14/h2-10,15,17H,1H3. The second kappa shape index (κ2) is 4.31. The first kappa shape index (κ1) is 11.1. The summed E-state index contributed by atoms with van der Waals surface area (Å²) < 4.78 is 5.38. The van der Waals surface area contributed by atoms with E-state index in [0.717, 1.165) is 21.9 Å². The molecule has 0 radical (unpaired) electrons. The molecule has 2 aromatic carbocycles. The molecule has 2 heteroatoms. The van der Waals surface area contributed by atoms with Crippen molar-refractivity contribution in [1.29, 1.82) is 0 Å². The highest BCUT2D eigenvalue weighted by atomic mass is 16.4. The lowest BCUT2D eigenvalue weighted by Gasteiger charge is -2.12. The van der Waals surface area contributed by atoms with Crippen molar-refractivity contribution in [3.05, 3.63) is 71.7 Å². The van der Waals surface area contributed by atoms with E-state index >= 15 is 0 Å². The van der Waals surface area contributed by atoms with Crippen molar-refractivity contribution in [3.63, 3.8) is 0 Å². The highest BCUT2D eigenvalue weighted by Crippen LogP contribution is 2.30. The quantitative estimate of drug-likeness (QED) is 0.736. The number of fused-ring (bicyclic) bond motifs is 1. The number of hydrogen-bond acceptors (Lipinski definition) is 2. The summed E-state index contributed by atoms with van der Waals surface area (Å²) in [5, 5.41) is 12.6. The largest absolute Gasteiger partial charge is 0.466 e. The van der Waals surface area contributed by atoms with E-state index in [0.29, 0.717) is 5.76 Å². The predicted octanol–water partition coefficient (Wildman–Crippen LogP) is 3.82. The molecule has 3 aromatic rings. The SMILES string of the molecule is Cc1ccoc1C(O)c1cccc2ccccc12. The molecule has 0 aliphatic rings. The molecule has 0 spiro atoms. The Morgan fingerprint density at radius 1 is 1.00 bits per heavy atom. The van der Waals surface area contributed by atoms with Crippen LogP contribution in [0.5, 0.6) is 0 Å². The van der Waals surface area contributed by atoms with Crippen molar-refractivity contribution in [2.24, 2.45) is 0 Å². The summed E-state index contributed by atoms with van der Waals surface area (Å²) >= 11 is 0. The third-order valence-corrected chi connectivity index (χ3v) is 3.27. The Bertz CT molecular complexity index is 677. The van der Waals surface area contributed by atoms with Crippen molar-refractivity contribution in [2.75, 3.05) is 0 Å². The molecule has 3 rings (SSSR count). The zero-order valence-electron chi connectivity index (χ0n) is 10.1.